The number of carbonyl (C=O) groups is 3. The minimum atomic E-state index is -0.811. The van der Waals surface area contributed by atoms with E-state index in [9.17, 15) is 14.4 Å². The zero-order valence-corrected chi connectivity index (χ0v) is 40.5. The third-order valence-electron chi connectivity index (χ3n) is 10.4. The number of ether oxygens (including phenoxy) is 3. The Morgan fingerprint density at radius 2 is 0.651 bits per heavy atom. The Kier molecular flexibility index (Phi) is 47.5. The average molecular weight is 873 g/mol. The Bertz CT molecular complexity index is 1330. The van der Waals surface area contributed by atoms with Crippen LogP contribution in [-0.2, 0) is 28.6 Å². The maximum absolute atomic E-state index is 12.8. The van der Waals surface area contributed by atoms with Crippen LogP contribution in [0.2, 0.25) is 0 Å². The topological polar surface area (TPSA) is 78.9 Å². The van der Waals surface area contributed by atoms with Crippen molar-refractivity contribution in [1.82, 2.24) is 0 Å². The summed E-state index contributed by atoms with van der Waals surface area (Å²) >= 11 is 0. The fraction of sp³-hybridized carbons (Fsp3) is 0.632. The van der Waals surface area contributed by atoms with Crippen LogP contribution < -0.4 is 0 Å². The van der Waals surface area contributed by atoms with Crippen LogP contribution in [-0.4, -0.2) is 37.2 Å². The van der Waals surface area contributed by atoms with Crippen molar-refractivity contribution in [1.29, 1.82) is 0 Å². The number of unbranched alkanes of at least 4 members (excludes halogenated alkanes) is 21. The molecule has 0 rings (SSSR count). The lowest BCUT2D eigenvalue weighted by atomic mass is 10.1. The Hall–Kier alpha value is -3.93. The first-order valence-electron chi connectivity index (χ1n) is 25.5. The third-order valence-corrected chi connectivity index (χ3v) is 10.4. The van der Waals surface area contributed by atoms with Gasteiger partial charge in [0.2, 0.25) is 0 Å². The average Bonchev–Trinajstić information content (AvgIpc) is 3.28. The minimum absolute atomic E-state index is 0.110. The Labute approximate surface area is 387 Å². The van der Waals surface area contributed by atoms with Crippen molar-refractivity contribution in [2.24, 2.45) is 0 Å². The van der Waals surface area contributed by atoms with Crippen molar-refractivity contribution in [3.8, 4) is 0 Å². The summed E-state index contributed by atoms with van der Waals surface area (Å²) in [6, 6.07) is 0. The van der Waals surface area contributed by atoms with Crippen LogP contribution in [0.25, 0.3) is 0 Å². The molecule has 0 N–H and O–H groups in total. The van der Waals surface area contributed by atoms with E-state index in [0.717, 1.165) is 83.5 Å². The number of esters is 3. The smallest absolute Gasteiger partial charge is 0.306 e. The van der Waals surface area contributed by atoms with E-state index < -0.39 is 6.10 Å². The van der Waals surface area contributed by atoms with E-state index in [2.05, 4.69) is 69.4 Å². The number of carbonyl (C=O) groups excluding carboxylic acids is 3. The zero-order valence-electron chi connectivity index (χ0n) is 40.5. The Morgan fingerprint density at radius 1 is 0.333 bits per heavy atom. The molecule has 0 aromatic heterocycles. The SMILES string of the molecule is CC\C=C/C=C\C=C/C=C\C=C\C=C/CCCCCC(=O)OCC(COC(=O)CCCCC/C=C\C=C/CCCC)OC(=O)CCCCCCCCC/C=C\CCCCCCCC. The van der Waals surface area contributed by atoms with Crippen LogP contribution in [0.1, 0.15) is 213 Å². The second-order valence-electron chi connectivity index (χ2n) is 16.5. The molecule has 0 aromatic rings. The summed E-state index contributed by atoms with van der Waals surface area (Å²) in [5, 5.41) is 0. The number of hydrogen-bond donors (Lipinski definition) is 0. The lowest BCUT2D eigenvalue weighted by Crippen LogP contribution is -2.30. The number of allylic oxidation sites excluding steroid dienone is 18. The summed E-state index contributed by atoms with van der Waals surface area (Å²) < 4.78 is 16.7. The third kappa shape index (κ3) is 49.0. The van der Waals surface area contributed by atoms with Crippen molar-refractivity contribution in [3.05, 3.63) is 109 Å². The molecule has 1 unspecified atom stereocenters. The molecule has 0 aliphatic rings. The molecule has 0 saturated heterocycles. The second-order valence-corrected chi connectivity index (χ2v) is 16.5. The van der Waals surface area contributed by atoms with E-state index in [1.54, 1.807) is 0 Å². The molecule has 0 aliphatic carbocycles. The lowest BCUT2D eigenvalue weighted by molar-refractivity contribution is -0.167. The standard InChI is InChI=1S/C57H92O6/c1-4-7-10-13-16-19-22-24-26-28-30-32-35-38-41-44-47-50-56(59)62-53-54(52-61-55(58)49-46-43-40-37-34-21-18-15-12-9-6-3)63-57(60)51-48-45-42-39-36-33-31-29-27-25-23-20-17-14-11-8-5-2/h7,10,13,15-16,18-19,21-22,24-28,30,32,34-35,54H,4-6,8-9,11-12,14,17,20,23,29,31,33,36-53H2,1-3H3/b10-7-,16-13-,18-15-,22-19-,26-24-,27-25-,30-28+,34-21-,35-32-. The predicted molar refractivity (Wildman–Crippen MR) is 270 cm³/mol. The molecule has 0 aliphatic heterocycles. The molecule has 0 amide bonds. The largest absolute Gasteiger partial charge is 0.462 e. The second kappa shape index (κ2) is 50.7. The molecule has 1 atom stereocenters. The molecule has 0 bridgehead atoms. The number of rotatable bonds is 44. The van der Waals surface area contributed by atoms with Gasteiger partial charge in [-0.3, -0.25) is 14.4 Å². The summed E-state index contributed by atoms with van der Waals surface area (Å²) in [7, 11) is 0. The molecule has 6 nitrogen and oxygen atoms in total. The van der Waals surface area contributed by atoms with Crippen LogP contribution in [0.3, 0.4) is 0 Å². The molecule has 0 radical (unpaired) electrons. The van der Waals surface area contributed by atoms with Gasteiger partial charge < -0.3 is 14.2 Å². The molecule has 0 aromatic carbocycles. The Morgan fingerprint density at radius 3 is 1.10 bits per heavy atom. The number of hydrogen-bond acceptors (Lipinski definition) is 6. The highest BCUT2D eigenvalue weighted by molar-refractivity contribution is 5.71. The normalized spacial score (nSPS) is 13.0. The Balaban J connectivity index is 4.51. The summed E-state index contributed by atoms with van der Waals surface area (Å²) in [6.07, 6.45) is 67.8. The van der Waals surface area contributed by atoms with E-state index in [4.69, 9.17) is 14.2 Å². The van der Waals surface area contributed by atoms with E-state index in [-0.39, 0.29) is 31.1 Å². The summed E-state index contributed by atoms with van der Waals surface area (Å²) in [5.41, 5.74) is 0. The fourth-order valence-corrected chi connectivity index (χ4v) is 6.56. The monoisotopic (exact) mass is 873 g/mol. The van der Waals surface area contributed by atoms with Gasteiger partial charge in [0.15, 0.2) is 6.10 Å². The van der Waals surface area contributed by atoms with E-state index >= 15 is 0 Å². The highest BCUT2D eigenvalue weighted by Gasteiger charge is 2.19. The maximum atomic E-state index is 12.8. The molecule has 6 heteroatoms. The van der Waals surface area contributed by atoms with Crippen LogP contribution in [0.4, 0.5) is 0 Å². The predicted octanol–water partition coefficient (Wildman–Crippen LogP) is 16.8. The van der Waals surface area contributed by atoms with Gasteiger partial charge in [0.25, 0.3) is 0 Å². The molecule has 0 heterocycles. The van der Waals surface area contributed by atoms with Crippen molar-refractivity contribution >= 4 is 17.9 Å². The minimum Gasteiger partial charge on any atom is -0.462 e. The van der Waals surface area contributed by atoms with Crippen molar-refractivity contribution in [2.75, 3.05) is 13.2 Å². The zero-order chi connectivity index (χ0) is 45.8. The van der Waals surface area contributed by atoms with Crippen LogP contribution >= 0.6 is 0 Å². The molecular weight excluding hydrogens is 781 g/mol. The summed E-state index contributed by atoms with van der Waals surface area (Å²) in [5.74, 6) is -0.991. The molecule has 63 heavy (non-hydrogen) atoms. The van der Waals surface area contributed by atoms with E-state index in [1.165, 1.54) is 89.9 Å². The van der Waals surface area contributed by atoms with Gasteiger partial charge >= 0.3 is 17.9 Å². The van der Waals surface area contributed by atoms with E-state index in [0.29, 0.717) is 19.3 Å². The van der Waals surface area contributed by atoms with Gasteiger partial charge in [-0.25, -0.2) is 0 Å². The quantitative estimate of drug-likeness (QED) is 0.0199. The van der Waals surface area contributed by atoms with Gasteiger partial charge in [-0.15, -0.1) is 0 Å². The first-order valence-corrected chi connectivity index (χ1v) is 25.5. The van der Waals surface area contributed by atoms with Gasteiger partial charge in [0, 0.05) is 19.3 Å². The molecule has 0 fully saturated rings. The van der Waals surface area contributed by atoms with Gasteiger partial charge in [0.1, 0.15) is 13.2 Å². The molecule has 0 spiro atoms. The highest BCUT2D eigenvalue weighted by atomic mass is 16.6. The van der Waals surface area contributed by atoms with Crippen LogP contribution in [0.15, 0.2) is 109 Å². The van der Waals surface area contributed by atoms with Crippen molar-refractivity contribution < 1.29 is 28.6 Å². The van der Waals surface area contributed by atoms with Gasteiger partial charge in [-0.1, -0.05) is 220 Å². The van der Waals surface area contributed by atoms with Crippen molar-refractivity contribution in [3.63, 3.8) is 0 Å². The van der Waals surface area contributed by atoms with Crippen LogP contribution in [0, 0.1) is 0 Å². The molecule has 0 saturated carbocycles. The fourth-order valence-electron chi connectivity index (χ4n) is 6.56. The van der Waals surface area contributed by atoms with Gasteiger partial charge in [0.05, 0.1) is 0 Å². The van der Waals surface area contributed by atoms with Gasteiger partial charge in [-0.05, 0) is 83.5 Å². The summed E-state index contributed by atoms with van der Waals surface area (Å²) in [4.78, 5) is 37.9. The maximum Gasteiger partial charge on any atom is 0.306 e. The highest BCUT2D eigenvalue weighted by Crippen LogP contribution is 2.13. The molecule has 356 valence electrons. The van der Waals surface area contributed by atoms with Crippen molar-refractivity contribution in [2.45, 2.75) is 219 Å². The molecular formula is C57H92O6. The first kappa shape index (κ1) is 59.1. The van der Waals surface area contributed by atoms with Crippen LogP contribution in [0.5, 0.6) is 0 Å². The first-order chi connectivity index (χ1) is 31.0. The summed E-state index contributed by atoms with van der Waals surface area (Å²) in [6.45, 7) is 6.35. The van der Waals surface area contributed by atoms with E-state index in [1.807, 2.05) is 60.8 Å². The van der Waals surface area contributed by atoms with Gasteiger partial charge in [-0.2, -0.15) is 0 Å². The lowest BCUT2D eigenvalue weighted by Gasteiger charge is -2.18.